The highest BCUT2D eigenvalue weighted by Gasteiger charge is 2.33. The van der Waals surface area contributed by atoms with Crippen LogP contribution >= 0.6 is 0 Å². The van der Waals surface area contributed by atoms with Gasteiger partial charge in [-0.15, -0.1) is 0 Å². The highest BCUT2D eigenvalue weighted by Crippen LogP contribution is 2.36. The van der Waals surface area contributed by atoms with Gasteiger partial charge in [-0.25, -0.2) is 0 Å². The molecule has 1 aromatic carbocycles. The van der Waals surface area contributed by atoms with Crippen LogP contribution in [0, 0.1) is 11.8 Å². The molecule has 138 valence electrons. The van der Waals surface area contributed by atoms with Crippen molar-refractivity contribution in [2.24, 2.45) is 11.8 Å². The van der Waals surface area contributed by atoms with E-state index in [-0.39, 0.29) is 17.9 Å². The number of carbonyl (C=O) groups is 1. The summed E-state index contributed by atoms with van der Waals surface area (Å²) in [5, 5.41) is 3.25. The topological polar surface area (TPSA) is 35.6 Å². The predicted molar refractivity (Wildman–Crippen MR) is 104 cm³/mol. The molecule has 0 bridgehead atoms. The van der Waals surface area contributed by atoms with Gasteiger partial charge in [0.05, 0.1) is 6.04 Å². The summed E-state index contributed by atoms with van der Waals surface area (Å²) in [7, 11) is 4.13. The summed E-state index contributed by atoms with van der Waals surface area (Å²) in [5.41, 5.74) is 2.53. The van der Waals surface area contributed by atoms with Gasteiger partial charge in [-0.2, -0.15) is 0 Å². The van der Waals surface area contributed by atoms with Gasteiger partial charge < -0.3 is 10.2 Å². The van der Waals surface area contributed by atoms with E-state index in [0.717, 1.165) is 19.6 Å². The first kappa shape index (κ1) is 18.2. The Morgan fingerprint density at radius 2 is 1.80 bits per heavy atom. The van der Waals surface area contributed by atoms with Crippen LogP contribution < -0.4 is 10.2 Å². The Kier molecular flexibility index (Phi) is 6.00. The summed E-state index contributed by atoms with van der Waals surface area (Å²) in [6.45, 7) is 5.06. The van der Waals surface area contributed by atoms with E-state index in [1.807, 2.05) is 0 Å². The molecule has 0 spiro atoms. The third-order valence-electron chi connectivity index (χ3n) is 5.84. The van der Waals surface area contributed by atoms with Crippen LogP contribution in [0.15, 0.2) is 24.3 Å². The predicted octanol–water partition coefficient (Wildman–Crippen LogP) is 3.44. The highest BCUT2D eigenvalue weighted by atomic mass is 16.1. The van der Waals surface area contributed by atoms with E-state index >= 15 is 0 Å². The molecule has 1 N–H and O–H groups in total. The summed E-state index contributed by atoms with van der Waals surface area (Å²) >= 11 is 0. The molecule has 2 unspecified atom stereocenters. The lowest BCUT2D eigenvalue weighted by atomic mass is 10.00. The number of anilines is 1. The van der Waals surface area contributed by atoms with Gasteiger partial charge in [-0.1, -0.05) is 25.5 Å². The number of nitrogens with zero attached hydrogens (tertiary/aromatic N) is 2. The Balaban J connectivity index is 1.68. The molecule has 1 heterocycles. The normalized spacial score (nSPS) is 20.8. The molecular weight excluding hydrogens is 310 g/mol. The second kappa shape index (κ2) is 8.22. The molecule has 1 aliphatic heterocycles. The van der Waals surface area contributed by atoms with Gasteiger partial charge in [0.25, 0.3) is 0 Å². The minimum atomic E-state index is 0.165. The van der Waals surface area contributed by atoms with E-state index in [2.05, 4.69) is 60.4 Å². The minimum Gasteiger partial charge on any atom is -0.378 e. The zero-order chi connectivity index (χ0) is 17.8. The van der Waals surface area contributed by atoms with Gasteiger partial charge in [-0.05, 0) is 62.4 Å². The average Bonchev–Trinajstić information content (AvgIpc) is 3.47. The molecule has 1 saturated carbocycles. The van der Waals surface area contributed by atoms with Crippen molar-refractivity contribution >= 4 is 11.6 Å². The van der Waals surface area contributed by atoms with Crippen molar-refractivity contribution in [3.05, 3.63) is 29.8 Å². The fourth-order valence-electron chi connectivity index (χ4n) is 3.85. The Morgan fingerprint density at radius 3 is 2.36 bits per heavy atom. The number of piperidine rings is 1. The van der Waals surface area contributed by atoms with E-state index in [0.29, 0.717) is 5.92 Å². The Bertz CT molecular complexity index is 559. The number of benzene rings is 1. The zero-order valence-electron chi connectivity index (χ0n) is 16.0. The molecule has 4 nitrogen and oxygen atoms in total. The van der Waals surface area contributed by atoms with E-state index < -0.39 is 0 Å². The van der Waals surface area contributed by atoms with Gasteiger partial charge in [0.2, 0.25) is 5.91 Å². The summed E-state index contributed by atoms with van der Waals surface area (Å²) in [6, 6.07) is 9.10. The van der Waals surface area contributed by atoms with Crippen LogP contribution in [-0.2, 0) is 4.79 Å². The smallest absolute Gasteiger partial charge is 0.223 e. The molecule has 0 aromatic heterocycles. The Hall–Kier alpha value is -1.55. The maximum absolute atomic E-state index is 12.5. The number of rotatable bonds is 7. The van der Waals surface area contributed by atoms with Crippen molar-refractivity contribution < 1.29 is 4.79 Å². The maximum Gasteiger partial charge on any atom is 0.223 e. The lowest BCUT2D eigenvalue weighted by molar-refractivity contribution is -0.125. The van der Waals surface area contributed by atoms with Gasteiger partial charge >= 0.3 is 0 Å². The molecular formula is C21H33N3O. The highest BCUT2D eigenvalue weighted by molar-refractivity contribution is 5.78. The van der Waals surface area contributed by atoms with Crippen LogP contribution in [0.5, 0.6) is 0 Å². The second-order valence-electron chi connectivity index (χ2n) is 7.97. The Labute approximate surface area is 152 Å². The molecule has 2 fully saturated rings. The number of likely N-dealkylation sites (tertiary alicyclic amines) is 1. The molecule has 1 saturated heterocycles. The summed E-state index contributed by atoms with van der Waals surface area (Å²) in [5.74, 6) is 1.01. The summed E-state index contributed by atoms with van der Waals surface area (Å²) in [4.78, 5) is 17.1. The third-order valence-corrected chi connectivity index (χ3v) is 5.84. The lowest BCUT2D eigenvalue weighted by Gasteiger charge is -2.35. The molecule has 1 aliphatic carbocycles. The standard InChI is InChI=1S/C21H33N3O/c1-16(17-7-8-17)21(25)22-15-20(24-13-5-4-6-14-24)18-9-11-19(12-10-18)23(2)3/h9-12,16-17,20H,4-8,13-15H2,1-3H3,(H,22,25). The molecule has 2 aliphatic rings. The first-order valence-corrected chi connectivity index (χ1v) is 9.85. The molecule has 2 atom stereocenters. The quantitative estimate of drug-likeness (QED) is 0.824. The van der Waals surface area contributed by atoms with E-state index in [1.165, 1.54) is 43.4 Å². The van der Waals surface area contributed by atoms with Crippen molar-refractivity contribution in [2.75, 3.05) is 38.6 Å². The minimum absolute atomic E-state index is 0.165. The number of carbonyl (C=O) groups excluding carboxylic acids is 1. The van der Waals surface area contributed by atoms with Crippen molar-refractivity contribution in [1.82, 2.24) is 10.2 Å². The third kappa shape index (κ3) is 4.75. The molecule has 1 amide bonds. The average molecular weight is 344 g/mol. The van der Waals surface area contributed by atoms with Crippen LogP contribution in [0.3, 0.4) is 0 Å². The largest absolute Gasteiger partial charge is 0.378 e. The number of amides is 1. The van der Waals surface area contributed by atoms with Crippen LogP contribution in [0.1, 0.15) is 50.6 Å². The number of nitrogens with one attached hydrogen (secondary N) is 1. The summed E-state index contributed by atoms with van der Waals surface area (Å²) in [6.07, 6.45) is 6.29. The first-order valence-electron chi connectivity index (χ1n) is 9.85. The van der Waals surface area contributed by atoms with Crippen LogP contribution in [0.4, 0.5) is 5.69 Å². The van der Waals surface area contributed by atoms with Crippen LogP contribution in [0.2, 0.25) is 0 Å². The molecule has 1 aromatic rings. The molecule has 25 heavy (non-hydrogen) atoms. The van der Waals surface area contributed by atoms with Crippen molar-refractivity contribution in [1.29, 1.82) is 0 Å². The van der Waals surface area contributed by atoms with Crippen molar-refractivity contribution in [3.8, 4) is 0 Å². The summed E-state index contributed by atoms with van der Waals surface area (Å²) < 4.78 is 0. The van der Waals surface area contributed by atoms with Gasteiger partial charge in [0.1, 0.15) is 0 Å². The first-order chi connectivity index (χ1) is 12.1. The molecule has 0 radical (unpaired) electrons. The van der Waals surface area contributed by atoms with Crippen LogP contribution in [-0.4, -0.2) is 44.5 Å². The lowest BCUT2D eigenvalue weighted by Crippen LogP contribution is -2.42. The van der Waals surface area contributed by atoms with Crippen LogP contribution in [0.25, 0.3) is 0 Å². The van der Waals surface area contributed by atoms with Crippen molar-refractivity contribution in [2.45, 2.75) is 45.1 Å². The molecule has 3 rings (SSSR count). The van der Waals surface area contributed by atoms with Gasteiger partial charge in [0.15, 0.2) is 0 Å². The zero-order valence-corrected chi connectivity index (χ0v) is 16.0. The number of hydrogen-bond donors (Lipinski definition) is 1. The fraction of sp³-hybridized carbons (Fsp3) is 0.667. The fourth-order valence-corrected chi connectivity index (χ4v) is 3.85. The van der Waals surface area contributed by atoms with Crippen molar-refractivity contribution in [3.63, 3.8) is 0 Å². The van der Waals surface area contributed by atoms with E-state index in [9.17, 15) is 4.79 Å². The number of hydrogen-bond acceptors (Lipinski definition) is 3. The maximum atomic E-state index is 12.5. The van der Waals surface area contributed by atoms with Gasteiger partial charge in [0, 0.05) is 32.2 Å². The van der Waals surface area contributed by atoms with E-state index in [1.54, 1.807) is 0 Å². The SMILES string of the molecule is CC(C(=O)NCC(c1ccc(N(C)C)cc1)N1CCCCC1)C1CC1. The van der Waals surface area contributed by atoms with E-state index in [4.69, 9.17) is 0 Å². The Morgan fingerprint density at radius 1 is 1.16 bits per heavy atom. The van der Waals surface area contributed by atoms with Gasteiger partial charge in [-0.3, -0.25) is 9.69 Å². The monoisotopic (exact) mass is 343 g/mol. The second-order valence-corrected chi connectivity index (χ2v) is 7.97. The molecule has 4 heteroatoms.